The number of hydrogen-bond acceptors (Lipinski definition) is 4. The standard InChI is InChI=1S/C12H24O4/c1-11(2,15)7-10(14)8-12(16)5-3-9(13)4-6-12/h9-10,13-16H,3-8H2,1-2H3. The molecule has 0 heterocycles. The first-order chi connectivity index (χ1) is 7.20. The Morgan fingerprint density at radius 2 is 1.81 bits per heavy atom. The number of rotatable bonds is 4. The summed E-state index contributed by atoms with van der Waals surface area (Å²) < 4.78 is 0. The van der Waals surface area contributed by atoms with Crippen LogP contribution in [0, 0.1) is 0 Å². The van der Waals surface area contributed by atoms with Crippen LogP contribution in [-0.2, 0) is 0 Å². The molecule has 0 bridgehead atoms. The molecule has 4 N–H and O–H groups in total. The summed E-state index contributed by atoms with van der Waals surface area (Å²) in [5, 5.41) is 38.9. The highest BCUT2D eigenvalue weighted by atomic mass is 16.3. The van der Waals surface area contributed by atoms with Crippen LogP contribution in [0.15, 0.2) is 0 Å². The zero-order valence-electron chi connectivity index (χ0n) is 10.2. The fourth-order valence-corrected chi connectivity index (χ4v) is 2.43. The van der Waals surface area contributed by atoms with Crippen molar-refractivity contribution in [2.75, 3.05) is 0 Å². The average Bonchev–Trinajstić information content (AvgIpc) is 2.07. The highest BCUT2D eigenvalue weighted by molar-refractivity contribution is 4.88. The zero-order chi connectivity index (χ0) is 12.4. The van der Waals surface area contributed by atoms with Crippen molar-refractivity contribution in [2.24, 2.45) is 0 Å². The molecule has 1 atom stereocenters. The van der Waals surface area contributed by atoms with E-state index in [1.807, 2.05) is 0 Å². The van der Waals surface area contributed by atoms with Crippen molar-refractivity contribution in [1.82, 2.24) is 0 Å². The van der Waals surface area contributed by atoms with Crippen molar-refractivity contribution in [2.45, 2.75) is 75.8 Å². The predicted molar refractivity (Wildman–Crippen MR) is 61.0 cm³/mol. The second-order valence-electron chi connectivity index (χ2n) is 5.83. The molecule has 1 fully saturated rings. The van der Waals surface area contributed by atoms with Gasteiger partial charge in [-0.1, -0.05) is 0 Å². The maximum atomic E-state index is 10.2. The lowest BCUT2D eigenvalue weighted by Gasteiger charge is -2.36. The second kappa shape index (κ2) is 5.00. The van der Waals surface area contributed by atoms with E-state index in [9.17, 15) is 20.4 Å². The molecular weight excluding hydrogens is 208 g/mol. The highest BCUT2D eigenvalue weighted by Crippen LogP contribution is 2.33. The highest BCUT2D eigenvalue weighted by Gasteiger charge is 2.35. The molecule has 16 heavy (non-hydrogen) atoms. The SMILES string of the molecule is CC(C)(O)CC(O)CC1(O)CCC(O)CC1. The second-order valence-corrected chi connectivity index (χ2v) is 5.83. The van der Waals surface area contributed by atoms with Crippen molar-refractivity contribution in [3.8, 4) is 0 Å². The van der Waals surface area contributed by atoms with Crippen molar-refractivity contribution >= 4 is 0 Å². The molecule has 4 nitrogen and oxygen atoms in total. The Morgan fingerprint density at radius 3 is 2.25 bits per heavy atom. The Balaban J connectivity index is 2.41. The van der Waals surface area contributed by atoms with Gasteiger partial charge in [0.15, 0.2) is 0 Å². The number of aliphatic hydroxyl groups excluding tert-OH is 2. The molecular formula is C12H24O4. The van der Waals surface area contributed by atoms with E-state index in [1.165, 1.54) is 0 Å². The summed E-state index contributed by atoms with van der Waals surface area (Å²) >= 11 is 0. The normalized spacial score (nSPS) is 33.8. The summed E-state index contributed by atoms with van der Waals surface area (Å²) in [6.45, 7) is 3.29. The van der Waals surface area contributed by atoms with E-state index >= 15 is 0 Å². The molecule has 4 heteroatoms. The molecule has 0 spiro atoms. The zero-order valence-corrected chi connectivity index (χ0v) is 10.2. The van der Waals surface area contributed by atoms with Crippen molar-refractivity contribution in [1.29, 1.82) is 0 Å². The molecule has 0 aromatic rings. The van der Waals surface area contributed by atoms with Crippen LogP contribution >= 0.6 is 0 Å². The van der Waals surface area contributed by atoms with Gasteiger partial charge in [0, 0.05) is 12.8 Å². The molecule has 0 amide bonds. The van der Waals surface area contributed by atoms with Crippen molar-refractivity contribution < 1.29 is 20.4 Å². The topological polar surface area (TPSA) is 80.9 Å². The van der Waals surface area contributed by atoms with Gasteiger partial charge in [-0.25, -0.2) is 0 Å². The largest absolute Gasteiger partial charge is 0.393 e. The van der Waals surface area contributed by atoms with Crippen LogP contribution in [0.2, 0.25) is 0 Å². The van der Waals surface area contributed by atoms with E-state index in [0.717, 1.165) is 0 Å². The summed E-state index contributed by atoms with van der Waals surface area (Å²) in [6.07, 6.45) is 1.76. The summed E-state index contributed by atoms with van der Waals surface area (Å²) in [5.41, 5.74) is -1.78. The van der Waals surface area contributed by atoms with Gasteiger partial charge in [0.05, 0.1) is 23.4 Å². The molecule has 0 saturated heterocycles. The fourth-order valence-electron chi connectivity index (χ4n) is 2.43. The number of aliphatic hydroxyl groups is 4. The Labute approximate surface area is 96.9 Å². The first-order valence-corrected chi connectivity index (χ1v) is 6.01. The summed E-state index contributed by atoms with van der Waals surface area (Å²) in [5.74, 6) is 0. The maximum absolute atomic E-state index is 10.2. The Bertz CT molecular complexity index is 214. The maximum Gasteiger partial charge on any atom is 0.0674 e. The van der Waals surface area contributed by atoms with Gasteiger partial charge in [0.1, 0.15) is 0 Å². The van der Waals surface area contributed by atoms with E-state index in [0.29, 0.717) is 25.7 Å². The Hall–Kier alpha value is -0.160. The lowest BCUT2D eigenvalue weighted by molar-refractivity contribution is -0.0745. The molecule has 0 aliphatic heterocycles. The lowest BCUT2D eigenvalue weighted by atomic mass is 9.78. The van der Waals surface area contributed by atoms with Crippen LogP contribution in [0.1, 0.15) is 52.4 Å². The Kier molecular flexibility index (Phi) is 4.35. The van der Waals surface area contributed by atoms with Crippen LogP contribution < -0.4 is 0 Å². The van der Waals surface area contributed by atoms with Crippen LogP contribution in [-0.4, -0.2) is 43.8 Å². The molecule has 1 rings (SSSR count). The third kappa shape index (κ3) is 4.78. The van der Waals surface area contributed by atoms with Crippen LogP contribution in [0.5, 0.6) is 0 Å². The summed E-state index contributed by atoms with van der Waals surface area (Å²) in [4.78, 5) is 0. The quantitative estimate of drug-likeness (QED) is 0.571. The van der Waals surface area contributed by atoms with Crippen LogP contribution in [0.25, 0.3) is 0 Å². The van der Waals surface area contributed by atoms with E-state index in [4.69, 9.17) is 0 Å². The summed E-state index contributed by atoms with van der Waals surface area (Å²) in [6, 6.07) is 0. The third-order valence-corrected chi connectivity index (χ3v) is 3.24. The molecule has 0 aromatic carbocycles. The smallest absolute Gasteiger partial charge is 0.0674 e. The monoisotopic (exact) mass is 232 g/mol. The van der Waals surface area contributed by atoms with Gasteiger partial charge in [-0.05, 0) is 39.5 Å². The number of hydrogen-bond donors (Lipinski definition) is 4. The molecule has 1 aliphatic rings. The first-order valence-electron chi connectivity index (χ1n) is 6.01. The van der Waals surface area contributed by atoms with Gasteiger partial charge in [-0.15, -0.1) is 0 Å². The average molecular weight is 232 g/mol. The predicted octanol–water partition coefficient (Wildman–Crippen LogP) is 0.564. The van der Waals surface area contributed by atoms with E-state index in [-0.39, 0.29) is 18.9 Å². The van der Waals surface area contributed by atoms with E-state index in [1.54, 1.807) is 13.8 Å². The fraction of sp³-hybridized carbons (Fsp3) is 1.00. The van der Waals surface area contributed by atoms with Crippen molar-refractivity contribution in [3.05, 3.63) is 0 Å². The Morgan fingerprint density at radius 1 is 1.31 bits per heavy atom. The van der Waals surface area contributed by atoms with Crippen LogP contribution in [0.4, 0.5) is 0 Å². The minimum Gasteiger partial charge on any atom is -0.393 e. The van der Waals surface area contributed by atoms with Gasteiger partial charge in [0.2, 0.25) is 0 Å². The van der Waals surface area contributed by atoms with E-state index in [2.05, 4.69) is 0 Å². The van der Waals surface area contributed by atoms with Gasteiger partial charge < -0.3 is 20.4 Å². The minimum absolute atomic E-state index is 0.262. The van der Waals surface area contributed by atoms with Crippen LogP contribution in [0.3, 0.4) is 0 Å². The molecule has 1 unspecified atom stereocenters. The van der Waals surface area contributed by atoms with Gasteiger partial charge in [0.25, 0.3) is 0 Å². The molecule has 96 valence electrons. The third-order valence-electron chi connectivity index (χ3n) is 3.24. The molecule has 0 aromatic heterocycles. The first kappa shape index (κ1) is 13.9. The minimum atomic E-state index is -0.913. The van der Waals surface area contributed by atoms with Gasteiger partial charge in [-0.3, -0.25) is 0 Å². The molecule has 0 radical (unpaired) electrons. The molecule has 1 aliphatic carbocycles. The lowest BCUT2D eigenvalue weighted by Crippen LogP contribution is -2.40. The summed E-state index contributed by atoms with van der Waals surface area (Å²) in [7, 11) is 0. The van der Waals surface area contributed by atoms with E-state index < -0.39 is 17.3 Å². The van der Waals surface area contributed by atoms with Gasteiger partial charge in [-0.2, -0.15) is 0 Å². The van der Waals surface area contributed by atoms with Gasteiger partial charge >= 0.3 is 0 Å². The van der Waals surface area contributed by atoms with Crippen molar-refractivity contribution in [3.63, 3.8) is 0 Å². The molecule has 1 saturated carbocycles.